The second kappa shape index (κ2) is 16.8. The van der Waals surface area contributed by atoms with Crippen molar-refractivity contribution >= 4 is 0 Å². The molecule has 7 nitrogen and oxygen atoms in total. The lowest BCUT2D eigenvalue weighted by Gasteiger charge is -2.18. The number of pyridine rings is 1. The molecule has 0 aliphatic heterocycles. The van der Waals surface area contributed by atoms with Gasteiger partial charge in [0.15, 0.2) is 34.9 Å². The van der Waals surface area contributed by atoms with Crippen LogP contribution in [0.4, 0.5) is 0 Å². The Kier molecular flexibility index (Phi) is 10.3. The fourth-order valence-electron chi connectivity index (χ4n) is 7.81. The Morgan fingerprint density at radius 1 is 0.258 bits per heavy atom. The van der Waals surface area contributed by atoms with Crippen LogP contribution in [0.2, 0.25) is 0 Å². The summed E-state index contributed by atoms with van der Waals surface area (Å²) in [5.41, 5.74) is 13.5. The molecule has 0 bridgehead atoms. The van der Waals surface area contributed by atoms with E-state index in [0.29, 0.717) is 34.9 Å². The van der Waals surface area contributed by atoms with Gasteiger partial charge < -0.3 is 0 Å². The van der Waals surface area contributed by atoms with Gasteiger partial charge in [-0.25, -0.2) is 29.9 Å². The Balaban J connectivity index is 1.13. The van der Waals surface area contributed by atoms with Crippen molar-refractivity contribution in [1.82, 2.24) is 34.9 Å². The molecule has 10 rings (SSSR count). The summed E-state index contributed by atoms with van der Waals surface area (Å²) in [4.78, 5) is 35.2. The van der Waals surface area contributed by atoms with Crippen LogP contribution in [0.3, 0.4) is 0 Å². The number of aromatic nitrogens is 7. The van der Waals surface area contributed by atoms with Crippen LogP contribution in [0.25, 0.3) is 102 Å². The molecule has 0 N–H and O–H groups in total. The van der Waals surface area contributed by atoms with Crippen molar-refractivity contribution in [2.45, 2.75) is 13.8 Å². The van der Waals surface area contributed by atoms with E-state index >= 15 is 0 Å². The van der Waals surface area contributed by atoms with Crippen LogP contribution in [0, 0.1) is 13.8 Å². The van der Waals surface area contributed by atoms with Crippen LogP contribution in [0.5, 0.6) is 0 Å². The van der Waals surface area contributed by atoms with E-state index in [-0.39, 0.29) is 0 Å². The highest BCUT2D eigenvalue weighted by Crippen LogP contribution is 2.41. The van der Waals surface area contributed by atoms with Crippen LogP contribution in [-0.2, 0) is 0 Å². The van der Waals surface area contributed by atoms with Crippen LogP contribution in [-0.4, -0.2) is 34.9 Å². The molecule has 0 atom stereocenters. The van der Waals surface area contributed by atoms with Gasteiger partial charge in [0.2, 0.25) is 0 Å². The van der Waals surface area contributed by atoms with Crippen molar-refractivity contribution in [2.75, 3.05) is 0 Å². The van der Waals surface area contributed by atoms with Crippen molar-refractivity contribution in [3.05, 3.63) is 211 Å². The molecular weight excluding hydrogens is 759 g/mol. The predicted octanol–water partition coefficient (Wildman–Crippen LogP) is 13.1. The molecule has 0 unspecified atom stereocenters. The molecule has 0 aliphatic carbocycles. The molecule has 0 saturated heterocycles. The molecule has 62 heavy (non-hydrogen) atoms. The van der Waals surface area contributed by atoms with Gasteiger partial charge in [-0.05, 0) is 65.9 Å². The minimum atomic E-state index is 0.594. The van der Waals surface area contributed by atoms with E-state index in [9.17, 15) is 0 Å². The van der Waals surface area contributed by atoms with Gasteiger partial charge in [-0.1, -0.05) is 176 Å². The molecule has 0 aliphatic rings. The van der Waals surface area contributed by atoms with Crippen molar-refractivity contribution in [3.8, 4) is 102 Å². The smallest absolute Gasteiger partial charge is 0.164 e. The Morgan fingerprint density at radius 3 is 0.919 bits per heavy atom. The summed E-state index contributed by atoms with van der Waals surface area (Å²) >= 11 is 0. The Bertz CT molecular complexity index is 2870. The minimum Gasteiger partial charge on any atom is -0.253 e. The van der Waals surface area contributed by atoms with Gasteiger partial charge in [0, 0.05) is 44.6 Å². The number of hydrogen-bond acceptors (Lipinski definition) is 7. The SMILES string of the molecule is Cc1cc(C)nc(-c2c(-c3cccc(-c4nc(-c5ccccc5)nc(-c5ccccc5)n4)c3)cccc2-c2cccc(-c3nc(-c4ccccc4)nc(-c4ccccc4)n3)c2)c1. The highest BCUT2D eigenvalue weighted by molar-refractivity contribution is 5.95. The molecule has 7 heteroatoms. The van der Waals surface area contributed by atoms with Crippen molar-refractivity contribution < 1.29 is 0 Å². The fraction of sp³-hybridized carbons (Fsp3) is 0.0364. The lowest BCUT2D eigenvalue weighted by molar-refractivity contribution is 1.07. The molecule has 294 valence electrons. The largest absolute Gasteiger partial charge is 0.253 e. The number of rotatable bonds is 9. The standard InChI is InChI=1S/C55H39N7/c1-36-32-37(2)56-48(33-36)49-46(42-26-15-28-44(34-42)54-59-50(38-18-7-3-8-19-38)57-51(60-54)39-20-9-4-10-21-39)30-17-31-47(49)43-27-16-29-45(35-43)55-61-52(40-22-11-5-12-23-40)58-53(62-55)41-24-13-6-14-25-41/h3-35H,1-2H3. The first kappa shape index (κ1) is 37.9. The molecule has 10 aromatic rings. The molecule has 0 spiro atoms. The Labute approximate surface area is 360 Å². The first-order chi connectivity index (χ1) is 30.5. The number of aryl methyl sites for hydroxylation is 2. The molecule has 3 heterocycles. The predicted molar refractivity (Wildman–Crippen MR) is 249 cm³/mol. The van der Waals surface area contributed by atoms with E-state index in [0.717, 1.165) is 78.1 Å². The topological polar surface area (TPSA) is 90.2 Å². The first-order valence-electron chi connectivity index (χ1n) is 20.6. The van der Waals surface area contributed by atoms with Gasteiger partial charge in [-0.2, -0.15) is 0 Å². The molecular formula is C55H39N7. The third-order valence-electron chi connectivity index (χ3n) is 10.7. The Morgan fingerprint density at radius 2 is 0.565 bits per heavy atom. The highest BCUT2D eigenvalue weighted by atomic mass is 15.0. The second-order valence-electron chi connectivity index (χ2n) is 15.1. The monoisotopic (exact) mass is 797 g/mol. The number of hydrogen-bond donors (Lipinski definition) is 0. The summed E-state index contributed by atoms with van der Waals surface area (Å²) in [5.74, 6) is 3.66. The van der Waals surface area contributed by atoms with Crippen LogP contribution >= 0.6 is 0 Å². The maximum absolute atomic E-state index is 5.15. The zero-order chi connectivity index (χ0) is 41.8. The maximum atomic E-state index is 5.15. The lowest BCUT2D eigenvalue weighted by Crippen LogP contribution is -2.00. The Hall–Kier alpha value is -8.29. The van der Waals surface area contributed by atoms with Crippen LogP contribution in [0.1, 0.15) is 11.3 Å². The van der Waals surface area contributed by atoms with Gasteiger partial charge in [-0.3, -0.25) is 4.98 Å². The van der Waals surface area contributed by atoms with Crippen LogP contribution < -0.4 is 0 Å². The van der Waals surface area contributed by atoms with Gasteiger partial charge in [0.25, 0.3) is 0 Å². The lowest BCUT2D eigenvalue weighted by atomic mass is 9.88. The van der Waals surface area contributed by atoms with Gasteiger partial charge in [0.1, 0.15) is 0 Å². The number of benzene rings is 7. The van der Waals surface area contributed by atoms with E-state index in [2.05, 4.69) is 85.8 Å². The van der Waals surface area contributed by atoms with Gasteiger partial charge in [-0.15, -0.1) is 0 Å². The summed E-state index contributed by atoms with van der Waals surface area (Å²) in [6.45, 7) is 4.16. The average Bonchev–Trinajstić information content (AvgIpc) is 3.34. The van der Waals surface area contributed by atoms with E-state index < -0.39 is 0 Å². The summed E-state index contributed by atoms with van der Waals surface area (Å²) in [6, 6.07) is 67.8. The summed E-state index contributed by atoms with van der Waals surface area (Å²) in [7, 11) is 0. The maximum Gasteiger partial charge on any atom is 0.164 e. The zero-order valence-corrected chi connectivity index (χ0v) is 34.2. The normalized spacial score (nSPS) is 11.1. The third kappa shape index (κ3) is 7.90. The van der Waals surface area contributed by atoms with E-state index in [1.807, 2.05) is 128 Å². The van der Waals surface area contributed by atoms with Crippen LogP contribution in [0.15, 0.2) is 200 Å². The highest BCUT2D eigenvalue weighted by Gasteiger charge is 2.20. The van der Waals surface area contributed by atoms with Crippen molar-refractivity contribution in [3.63, 3.8) is 0 Å². The molecule has 0 fully saturated rings. The zero-order valence-electron chi connectivity index (χ0n) is 34.2. The van der Waals surface area contributed by atoms with E-state index in [1.54, 1.807) is 0 Å². The number of nitrogens with zero attached hydrogens (tertiary/aromatic N) is 7. The van der Waals surface area contributed by atoms with Crippen molar-refractivity contribution in [2.24, 2.45) is 0 Å². The third-order valence-corrected chi connectivity index (χ3v) is 10.7. The van der Waals surface area contributed by atoms with E-state index in [1.165, 1.54) is 0 Å². The molecule has 3 aromatic heterocycles. The summed E-state index contributed by atoms with van der Waals surface area (Å²) in [5, 5.41) is 0. The molecule has 0 amide bonds. The van der Waals surface area contributed by atoms with Gasteiger partial charge in [0.05, 0.1) is 5.69 Å². The molecule has 0 radical (unpaired) electrons. The second-order valence-corrected chi connectivity index (χ2v) is 15.1. The van der Waals surface area contributed by atoms with Crippen molar-refractivity contribution in [1.29, 1.82) is 0 Å². The fourth-order valence-corrected chi connectivity index (χ4v) is 7.81. The summed E-state index contributed by atoms with van der Waals surface area (Å²) < 4.78 is 0. The first-order valence-corrected chi connectivity index (χ1v) is 20.6. The minimum absolute atomic E-state index is 0.594. The quantitative estimate of drug-likeness (QED) is 0.144. The van der Waals surface area contributed by atoms with Gasteiger partial charge >= 0.3 is 0 Å². The van der Waals surface area contributed by atoms with E-state index in [4.69, 9.17) is 34.9 Å². The summed E-state index contributed by atoms with van der Waals surface area (Å²) in [6.07, 6.45) is 0. The molecule has 0 saturated carbocycles. The average molecular weight is 798 g/mol. The molecule has 7 aromatic carbocycles.